The molecule has 2 aliphatic rings. The number of hydrogen-bond acceptors (Lipinski definition) is 4. The Kier molecular flexibility index (Phi) is 7.62. The number of aromatic amines is 1. The number of nitrogens with one attached hydrogen (secondary N) is 2. The van der Waals surface area contributed by atoms with Gasteiger partial charge in [-0.2, -0.15) is 0 Å². The second-order valence-corrected chi connectivity index (χ2v) is 10.4. The molecule has 5 rings (SSSR count). The van der Waals surface area contributed by atoms with Gasteiger partial charge >= 0.3 is 0 Å². The van der Waals surface area contributed by atoms with Gasteiger partial charge in [0.05, 0.1) is 23.4 Å². The van der Waals surface area contributed by atoms with Crippen molar-refractivity contribution in [1.82, 2.24) is 15.3 Å². The quantitative estimate of drug-likeness (QED) is 0.340. The Balaban J connectivity index is 1.44. The Morgan fingerprint density at radius 2 is 2.03 bits per heavy atom. The van der Waals surface area contributed by atoms with Crippen molar-refractivity contribution in [2.75, 3.05) is 18.0 Å². The molecular formula is C31H32FN5O2. The summed E-state index contributed by atoms with van der Waals surface area (Å²) in [7, 11) is 0. The number of anilines is 1. The smallest absolute Gasteiger partial charge is 0.259 e. The Hall–Kier alpha value is -4.22. The Bertz CT molecular complexity index is 1490. The number of aryl methyl sites for hydroxylation is 2. The lowest BCUT2D eigenvalue weighted by Crippen LogP contribution is -2.36. The van der Waals surface area contributed by atoms with E-state index >= 15 is 4.39 Å². The molecular weight excluding hydrogens is 493 g/mol. The monoisotopic (exact) mass is 525 g/mol. The third-order valence-corrected chi connectivity index (χ3v) is 7.42. The number of halogens is 1. The van der Waals surface area contributed by atoms with E-state index in [0.717, 1.165) is 42.6 Å². The van der Waals surface area contributed by atoms with Crippen LogP contribution in [0.15, 0.2) is 42.6 Å². The van der Waals surface area contributed by atoms with Crippen LogP contribution in [0.3, 0.4) is 0 Å². The summed E-state index contributed by atoms with van der Waals surface area (Å²) in [6, 6.07) is 10.4. The lowest BCUT2D eigenvalue weighted by atomic mass is 9.86. The number of aromatic nitrogens is 2. The number of fused-ring (bicyclic) bond motifs is 1. The lowest BCUT2D eigenvalue weighted by molar-refractivity contribution is -0.113. The van der Waals surface area contributed by atoms with Crippen LogP contribution < -0.4 is 16.0 Å². The molecule has 1 aliphatic carbocycles. The highest BCUT2D eigenvalue weighted by Gasteiger charge is 2.36. The number of carbonyl (C=O) groups is 2. The molecule has 39 heavy (non-hydrogen) atoms. The summed E-state index contributed by atoms with van der Waals surface area (Å²) < 4.78 is 15.3. The minimum atomic E-state index is -0.687. The molecule has 200 valence electrons. The molecule has 3 aromatic rings. The highest BCUT2D eigenvalue weighted by atomic mass is 19.1. The van der Waals surface area contributed by atoms with Gasteiger partial charge in [0.15, 0.2) is 0 Å². The average molecular weight is 526 g/mol. The van der Waals surface area contributed by atoms with E-state index in [1.165, 1.54) is 12.1 Å². The Morgan fingerprint density at radius 1 is 1.23 bits per heavy atom. The van der Waals surface area contributed by atoms with Crippen molar-refractivity contribution in [3.8, 4) is 11.8 Å². The molecule has 1 aliphatic heterocycles. The van der Waals surface area contributed by atoms with E-state index in [0.29, 0.717) is 35.0 Å². The molecule has 0 radical (unpaired) electrons. The number of benzene rings is 1. The first-order chi connectivity index (χ1) is 18.8. The van der Waals surface area contributed by atoms with Gasteiger partial charge in [0.25, 0.3) is 11.8 Å². The molecule has 0 spiro atoms. The minimum absolute atomic E-state index is 0.0352. The molecule has 3 heterocycles. The van der Waals surface area contributed by atoms with Crippen LogP contribution in [-0.2, 0) is 4.79 Å². The van der Waals surface area contributed by atoms with Crippen LogP contribution in [0, 0.1) is 37.4 Å². The molecule has 0 saturated heterocycles. The van der Waals surface area contributed by atoms with Gasteiger partial charge in [-0.15, -0.1) is 0 Å². The van der Waals surface area contributed by atoms with Crippen molar-refractivity contribution in [1.29, 1.82) is 0 Å². The van der Waals surface area contributed by atoms with Crippen LogP contribution in [0.1, 0.15) is 64.2 Å². The van der Waals surface area contributed by atoms with Crippen molar-refractivity contribution in [3.05, 3.63) is 82.2 Å². The highest BCUT2D eigenvalue weighted by molar-refractivity contribution is 6.36. The van der Waals surface area contributed by atoms with Crippen molar-refractivity contribution in [2.45, 2.75) is 45.6 Å². The maximum atomic E-state index is 15.3. The van der Waals surface area contributed by atoms with Gasteiger partial charge in [0.1, 0.15) is 11.5 Å². The van der Waals surface area contributed by atoms with E-state index in [1.54, 1.807) is 29.3 Å². The van der Waals surface area contributed by atoms with Crippen molar-refractivity contribution >= 4 is 29.2 Å². The van der Waals surface area contributed by atoms with Crippen LogP contribution in [0.4, 0.5) is 10.1 Å². The highest BCUT2D eigenvalue weighted by Crippen LogP contribution is 2.41. The van der Waals surface area contributed by atoms with Gasteiger partial charge in [-0.1, -0.05) is 12.0 Å². The van der Waals surface area contributed by atoms with Crippen molar-refractivity contribution < 1.29 is 14.0 Å². The fourth-order valence-corrected chi connectivity index (χ4v) is 5.33. The SMILES string of the molecule is Cc1cc(C)c(/C=C2\C(=O)N(CC3CCC(N)CC3)c3cc(C(=O)NCC#Cc4ccccn4)c(F)cc32)[nH]1. The summed E-state index contributed by atoms with van der Waals surface area (Å²) in [5.41, 5.74) is 10.8. The number of amides is 2. The zero-order valence-corrected chi connectivity index (χ0v) is 22.2. The van der Waals surface area contributed by atoms with E-state index in [-0.39, 0.29) is 24.1 Å². The van der Waals surface area contributed by atoms with Gasteiger partial charge in [-0.25, -0.2) is 9.37 Å². The van der Waals surface area contributed by atoms with E-state index in [1.807, 2.05) is 26.0 Å². The Labute approximate surface area is 227 Å². The summed E-state index contributed by atoms with van der Waals surface area (Å²) >= 11 is 0. The molecule has 4 N–H and O–H groups in total. The van der Waals surface area contributed by atoms with Gasteiger partial charge in [-0.05, 0) is 93.3 Å². The van der Waals surface area contributed by atoms with Crippen LogP contribution in [-0.4, -0.2) is 40.9 Å². The molecule has 2 aromatic heterocycles. The van der Waals surface area contributed by atoms with Gasteiger partial charge < -0.3 is 20.9 Å². The van der Waals surface area contributed by atoms with Crippen molar-refractivity contribution in [2.24, 2.45) is 11.7 Å². The van der Waals surface area contributed by atoms with E-state index in [4.69, 9.17) is 5.73 Å². The van der Waals surface area contributed by atoms with Crippen LogP contribution in [0.25, 0.3) is 11.6 Å². The number of H-pyrrole nitrogens is 1. The molecule has 0 atom stereocenters. The van der Waals surface area contributed by atoms with Gasteiger partial charge in [0, 0.05) is 35.7 Å². The molecule has 7 nitrogen and oxygen atoms in total. The molecule has 0 bridgehead atoms. The summed E-state index contributed by atoms with van der Waals surface area (Å²) in [6.45, 7) is 4.45. The van der Waals surface area contributed by atoms with E-state index in [2.05, 4.69) is 27.1 Å². The number of pyridine rings is 1. The van der Waals surface area contributed by atoms with Crippen LogP contribution in [0.2, 0.25) is 0 Å². The molecule has 1 fully saturated rings. The minimum Gasteiger partial charge on any atom is -0.359 e. The molecule has 2 amide bonds. The topological polar surface area (TPSA) is 104 Å². The molecule has 8 heteroatoms. The van der Waals surface area contributed by atoms with E-state index < -0.39 is 11.7 Å². The van der Waals surface area contributed by atoms with E-state index in [9.17, 15) is 9.59 Å². The summed E-state index contributed by atoms with van der Waals surface area (Å²) in [5.74, 6) is 4.52. The maximum absolute atomic E-state index is 15.3. The predicted octanol–water partition coefficient (Wildman–Crippen LogP) is 4.35. The second-order valence-electron chi connectivity index (χ2n) is 10.4. The number of rotatable bonds is 5. The summed E-state index contributed by atoms with van der Waals surface area (Å²) in [4.78, 5) is 35.8. The van der Waals surface area contributed by atoms with Gasteiger partial charge in [-0.3, -0.25) is 9.59 Å². The zero-order valence-electron chi connectivity index (χ0n) is 22.2. The predicted molar refractivity (Wildman–Crippen MR) is 150 cm³/mol. The third-order valence-electron chi connectivity index (χ3n) is 7.42. The number of hydrogen-bond donors (Lipinski definition) is 3. The number of nitrogens with two attached hydrogens (primary N) is 1. The largest absolute Gasteiger partial charge is 0.359 e. The normalized spacial score (nSPS) is 19.5. The van der Waals surface area contributed by atoms with Crippen LogP contribution in [0.5, 0.6) is 0 Å². The first-order valence-electron chi connectivity index (χ1n) is 13.3. The van der Waals surface area contributed by atoms with Crippen LogP contribution >= 0.6 is 0 Å². The summed E-state index contributed by atoms with van der Waals surface area (Å²) in [6.07, 6.45) is 7.11. The summed E-state index contributed by atoms with van der Waals surface area (Å²) in [5, 5.41) is 2.66. The standard InChI is InChI=1S/C31H32FN5O2/c1-19-14-20(2)36-28(19)16-25-24-15-27(32)26(30(38)35-13-5-7-23-6-3-4-12-34-23)17-29(24)37(31(25)39)18-21-8-10-22(33)11-9-21/h3-4,6,12,14-17,21-22,36H,8-11,13,18,33H2,1-2H3,(H,35,38)/b25-16-. The third kappa shape index (κ3) is 5.79. The fraction of sp³-hybridized carbons (Fsp3) is 0.323. The Morgan fingerprint density at radius 3 is 2.72 bits per heavy atom. The van der Waals surface area contributed by atoms with Crippen molar-refractivity contribution in [3.63, 3.8) is 0 Å². The average Bonchev–Trinajstić information content (AvgIpc) is 3.37. The maximum Gasteiger partial charge on any atom is 0.259 e. The first kappa shape index (κ1) is 26.4. The number of nitrogens with zero attached hydrogens (tertiary/aromatic N) is 2. The lowest BCUT2D eigenvalue weighted by Gasteiger charge is -2.30. The zero-order chi connectivity index (χ0) is 27.5. The second kappa shape index (κ2) is 11.3. The molecule has 1 saturated carbocycles. The fourth-order valence-electron chi connectivity index (χ4n) is 5.33. The van der Waals surface area contributed by atoms with Gasteiger partial charge in [0.2, 0.25) is 0 Å². The first-order valence-corrected chi connectivity index (χ1v) is 13.3. The number of carbonyl (C=O) groups excluding carboxylic acids is 2. The molecule has 1 aromatic carbocycles. The molecule has 0 unspecified atom stereocenters.